The van der Waals surface area contributed by atoms with Crippen LogP contribution in [0.2, 0.25) is 0 Å². The third kappa shape index (κ3) is 5.83. The van der Waals surface area contributed by atoms with Crippen molar-refractivity contribution in [3.8, 4) is 11.5 Å². The molecular weight excluding hydrogens is 348 g/mol. The molecule has 2 rings (SSSR count). The maximum atomic E-state index is 12.3. The Bertz CT molecular complexity index is 638. The molecule has 1 fully saturated rings. The summed E-state index contributed by atoms with van der Waals surface area (Å²) >= 11 is 0. The molecule has 0 aromatic heterocycles. The van der Waals surface area contributed by atoms with Gasteiger partial charge in [-0.05, 0) is 12.5 Å². The third-order valence-corrected chi connectivity index (χ3v) is 4.63. The number of hydrazine groups is 1. The monoisotopic (exact) mass is 378 g/mol. The van der Waals surface area contributed by atoms with Gasteiger partial charge in [-0.2, -0.15) is 0 Å². The molecule has 1 unspecified atom stereocenters. The van der Waals surface area contributed by atoms with E-state index in [-0.39, 0.29) is 18.2 Å². The van der Waals surface area contributed by atoms with Crippen molar-refractivity contribution in [2.45, 2.75) is 45.2 Å². The Kier molecular flexibility index (Phi) is 8.35. The van der Waals surface area contributed by atoms with Gasteiger partial charge in [-0.25, -0.2) is 5.84 Å². The number of hydrogen-bond donors (Lipinski definition) is 3. The SMILES string of the molecule is CCCCCOc1c(CN2CCNC(=O)C2CC(=O)NN)cccc1OC. The fraction of sp³-hybridized carbons (Fsp3) is 0.579. The molecule has 1 saturated heterocycles. The second-order valence-electron chi connectivity index (χ2n) is 6.55. The molecule has 0 radical (unpaired) electrons. The van der Waals surface area contributed by atoms with Gasteiger partial charge in [-0.15, -0.1) is 0 Å². The van der Waals surface area contributed by atoms with E-state index in [4.69, 9.17) is 15.3 Å². The molecule has 27 heavy (non-hydrogen) atoms. The zero-order chi connectivity index (χ0) is 19.6. The van der Waals surface area contributed by atoms with Crippen LogP contribution in [0, 0.1) is 0 Å². The summed E-state index contributed by atoms with van der Waals surface area (Å²) in [7, 11) is 1.61. The fourth-order valence-electron chi connectivity index (χ4n) is 3.16. The van der Waals surface area contributed by atoms with E-state index in [1.807, 2.05) is 23.1 Å². The molecule has 0 aliphatic carbocycles. The van der Waals surface area contributed by atoms with Gasteiger partial charge in [0, 0.05) is 25.2 Å². The number of piperazine rings is 1. The van der Waals surface area contributed by atoms with Gasteiger partial charge < -0.3 is 14.8 Å². The van der Waals surface area contributed by atoms with Crippen molar-refractivity contribution >= 4 is 11.8 Å². The highest BCUT2D eigenvalue weighted by atomic mass is 16.5. The van der Waals surface area contributed by atoms with Crippen molar-refractivity contribution in [3.05, 3.63) is 23.8 Å². The molecule has 1 heterocycles. The molecule has 0 spiro atoms. The van der Waals surface area contributed by atoms with E-state index in [1.165, 1.54) is 0 Å². The number of amides is 2. The van der Waals surface area contributed by atoms with E-state index in [2.05, 4.69) is 17.7 Å². The first-order chi connectivity index (χ1) is 13.1. The van der Waals surface area contributed by atoms with E-state index in [0.29, 0.717) is 37.7 Å². The first kappa shape index (κ1) is 21.0. The summed E-state index contributed by atoms with van der Waals surface area (Å²) in [6.45, 7) is 4.42. The van der Waals surface area contributed by atoms with Gasteiger partial charge in [0.25, 0.3) is 0 Å². The van der Waals surface area contributed by atoms with Crippen LogP contribution in [0.15, 0.2) is 18.2 Å². The topological polar surface area (TPSA) is 106 Å². The van der Waals surface area contributed by atoms with Gasteiger partial charge in [0.2, 0.25) is 11.8 Å². The molecule has 1 atom stereocenters. The van der Waals surface area contributed by atoms with Crippen molar-refractivity contribution in [1.82, 2.24) is 15.6 Å². The van der Waals surface area contributed by atoms with Gasteiger partial charge in [0.05, 0.1) is 26.2 Å². The van der Waals surface area contributed by atoms with Crippen molar-refractivity contribution < 1.29 is 19.1 Å². The Hall–Kier alpha value is -2.32. The zero-order valence-corrected chi connectivity index (χ0v) is 16.1. The number of ether oxygens (including phenoxy) is 2. The maximum Gasteiger partial charge on any atom is 0.237 e. The summed E-state index contributed by atoms with van der Waals surface area (Å²) in [5.41, 5.74) is 3.03. The highest BCUT2D eigenvalue weighted by Crippen LogP contribution is 2.33. The second-order valence-corrected chi connectivity index (χ2v) is 6.55. The molecule has 0 saturated carbocycles. The average molecular weight is 378 g/mol. The van der Waals surface area contributed by atoms with Crippen LogP contribution in [-0.2, 0) is 16.1 Å². The van der Waals surface area contributed by atoms with Gasteiger partial charge in [0.1, 0.15) is 0 Å². The minimum atomic E-state index is -0.568. The average Bonchev–Trinajstić information content (AvgIpc) is 2.68. The number of nitrogens with zero attached hydrogens (tertiary/aromatic N) is 1. The zero-order valence-electron chi connectivity index (χ0n) is 16.1. The standard InChI is InChI=1S/C19H30N4O4/c1-3-4-5-11-27-18-14(7-6-8-16(18)26-2)13-23-10-9-21-19(25)15(23)12-17(24)22-20/h6-8,15H,3-5,9-13,20H2,1-2H3,(H,21,25)(H,22,24). The highest BCUT2D eigenvalue weighted by molar-refractivity contribution is 5.88. The molecule has 1 aliphatic rings. The van der Waals surface area contributed by atoms with Crippen LogP contribution >= 0.6 is 0 Å². The molecule has 2 amide bonds. The summed E-state index contributed by atoms with van der Waals surface area (Å²) in [6.07, 6.45) is 3.21. The van der Waals surface area contributed by atoms with Gasteiger partial charge in [-0.3, -0.25) is 19.9 Å². The lowest BCUT2D eigenvalue weighted by atomic mass is 10.1. The minimum Gasteiger partial charge on any atom is -0.493 e. The number of carbonyl (C=O) groups excluding carboxylic acids is 2. The molecule has 1 aromatic rings. The molecule has 1 aromatic carbocycles. The lowest BCUT2D eigenvalue weighted by molar-refractivity contribution is -0.134. The summed E-state index contributed by atoms with van der Waals surface area (Å²) in [6, 6.07) is 5.16. The largest absolute Gasteiger partial charge is 0.493 e. The number of hydrogen-bond acceptors (Lipinski definition) is 6. The number of benzene rings is 1. The van der Waals surface area contributed by atoms with Crippen molar-refractivity contribution in [1.29, 1.82) is 0 Å². The normalized spacial score (nSPS) is 17.3. The highest BCUT2D eigenvalue weighted by Gasteiger charge is 2.32. The number of carbonyl (C=O) groups is 2. The summed E-state index contributed by atoms with van der Waals surface area (Å²) in [4.78, 5) is 25.9. The predicted molar refractivity (Wildman–Crippen MR) is 102 cm³/mol. The van der Waals surface area contributed by atoms with E-state index in [9.17, 15) is 9.59 Å². The van der Waals surface area contributed by atoms with Crippen LogP contribution in [0.3, 0.4) is 0 Å². The third-order valence-electron chi connectivity index (χ3n) is 4.63. The number of nitrogens with one attached hydrogen (secondary N) is 2. The molecule has 4 N–H and O–H groups in total. The van der Waals surface area contributed by atoms with Crippen LogP contribution < -0.4 is 26.1 Å². The van der Waals surface area contributed by atoms with E-state index >= 15 is 0 Å². The molecule has 1 aliphatic heterocycles. The summed E-state index contributed by atoms with van der Waals surface area (Å²) in [5, 5.41) is 2.81. The van der Waals surface area contributed by atoms with Crippen LogP contribution in [0.5, 0.6) is 11.5 Å². The first-order valence-electron chi connectivity index (χ1n) is 9.40. The predicted octanol–water partition coefficient (Wildman–Crippen LogP) is 0.945. The van der Waals surface area contributed by atoms with Gasteiger partial charge in [-0.1, -0.05) is 31.9 Å². The number of rotatable bonds is 10. The lowest BCUT2D eigenvalue weighted by Crippen LogP contribution is -2.56. The van der Waals surface area contributed by atoms with E-state index < -0.39 is 6.04 Å². The van der Waals surface area contributed by atoms with Crippen LogP contribution in [0.25, 0.3) is 0 Å². The number of methoxy groups -OCH3 is 1. The smallest absolute Gasteiger partial charge is 0.237 e. The summed E-state index contributed by atoms with van der Waals surface area (Å²) < 4.78 is 11.5. The molecular formula is C19H30N4O4. The Labute approximate surface area is 160 Å². The summed E-state index contributed by atoms with van der Waals surface area (Å²) in [5.74, 6) is 6.01. The fourth-order valence-corrected chi connectivity index (χ4v) is 3.16. The van der Waals surface area contributed by atoms with E-state index in [0.717, 1.165) is 24.8 Å². The van der Waals surface area contributed by atoms with Gasteiger partial charge in [0.15, 0.2) is 11.5 Å². The molecule has 8 heteroatoms. The second kappa shape index (κ2) is 10.7. The maximum absolute atomic E-state index is 12.3. The number of para-hydroxylation sites is 1. The van der Waals surface area contributed by atoms with Crippen molar-refractivity contribution in [2.24, 2.45) is 5.84 Å². The minimum absolute atomic E-state index is 0.0129. The number of unbranched alkanes of at least 4 members (excludes halogenated alkanes) is 2. The molecule has 0 bridgehead atoms. The lowest BCUT2D eigenvalue weighted by Gasteiger charge is -2.35. The van der Waals surface area contributed by atoms with Crippen LogP contribution in [-0.4, -0.2) is 49.6 Å². The Balaban J connectivity index is 2.17. The molecule has 150 valence electrons. The van der Waals surface area contributed by atoms with E-state index in [1.54, 1.807) is 7.11 Å². The Morgan fingerprint density at radius 3 is 2.93 bits per heavy atom. The van der Waals surface area contributed by atoms with Crippen molar-refractivity contribution in [2.75, 3.05) is 26.8 Å². The quantitative estimate of drug-likeness (QED) is 0.242. The first-order valence-corrected chi connectivity index (χ1v) is 9.40. The van der Waals surface area contributed by atoms with Gasteiger partial charge >= 0.3 is 0 Å². The Morgan fingerprint density at radius 2 is 2.22 bits per heavy atom. The molecule has 8 nitrogen and oxygen atoms in total. The van der Waals surface area contributed by atoms with Crippen molar-refractivity contribution in [3.63, 3.8) is 0 Å². The Morgan fingerprint density at radius 1 is 1.41 bits per heavy atom. The van der Waals surface area contributed by atoms with Crippen LogP contribution in [0.1, 0.15) is 38.2 Å². The number of nitrogens with two attached hydrogens (primary N) is 1. The van der Waals surface area contributed by atoms with Crippen LogP contribution in [0.4, 0.5) is 0 Å².